The third kappa shape index (κ3) is 2.89. The van der Waals surface area contributed by atoms with E-state index in [0.717, 1.165) is 36.8 Å². The van der Waals surface area contributed by atoms with Crippen LogP contribution in [0.2, 0.25) is 0 Å². The molecule has 19 heavy (non-hydrogen) atoms. The minimum Gasteiger partial charge on any atom is -0.329 e. The number of carbonyl (C=O) groups excluding carboxylic acids is 1. The van der Waals surface area contributed by atoms with Gasteiger partial charge in [0, 0.05) is 17.5 Å². The summed E-state index contributed by atoms with van der Waals surface area (Å²) in [6.07, 6.45) is 6.65. The molecule has 0 radical (unpaired) electrons. The van der Waals surface area contributed by atoms with Gasteiger partial charge >= 0.3 is 0 Å². The van der Waals surface area contributed by atoms with E-state index in [2.05, 4.69) is 13.0 Å². The van der Waals surface area contributed by atoms with E-state index in [-0.39, 0.29) is 11.2 Å². The van der Waals surface area contributed by atoms with Crippen LogP contribution < -0.4 is 5.73 Å². The third-order valence-corrected chi connectivity index (χ3v) is 4.56. The van der Waals surface area contributed by atoms with Gasteiger partial charge in [0.1, 0.15) is 0 Å². The van der Waals surface area contributed by atoms with Gasteiger partial charge in [0.2, 0.25) is 0 Å². The molecule has 0 aromatic heterocycles. The van der Waals surface area contributed by atoms with Crippen molar-refractivity contribution >= 4 is 5.78 Å². The van der Waals surface area contributed by atoms with E-state index in [4.69, 9.17) is 5.73 Å². The molecule has 1 fully saturated rings. The second-order valence-electron chi connectivity index (χ2n) is 6.05. The Morgan fingerprint density at radius 2 is 1.79 bits per heavy atom. The van der Waals surface area contributed by atoms with Crippen LogP contribution in [0.15, 0.2) is 18.2 Å². The average molecular weight is 259 g/mol. The fourth-order valence-electron chi connectivity index (χ4n) is 3.28. The van der Waals surface area contributed by atoms with Crippen molar-refractivity contribution in [3.8, 4) is 0 Å². The zero-order valence-electron chi connectivity index (χ0n) is 12.2. The van der Waals surface area contributed by atoms with Gasteiger partial charge in [-0.2, -0.15) is 0 Å². The Bertz CT molecular complexity index is 456. The van der Waals surface area contributed by atoms with Crippen LogP contribution in [0.5, 0.6) is 0 Å². The van der Waals surface area contributed by atoms with E-state index in [1.54, 1.807) is 0 Å². The number of rotatable bonds is 3. The lowest BCUT2D eigenvalue weighted by Gasteiger charge is -2.30. The van der Waals surface area contributed by atoms with Gasteiger partial charge < -0.3 is 5.73 Å². The predicted octanol–water partition coefficient (Wildman–Crippen LogP) is 3.79. The first-order chi connectivity index (χ1) is 9.09. The van der Waals surface area contributed by atoms with Crippen molar-refractivity contribution in [2.24, 2.45) is 11.1 Å². The summed E-state index contributed by atoms with van der Waals surface area (Å²) in [5.41, 5.74) is 8.86. The average Bonchev–Trinajstić information content (AvgIpc) is 2.64. The molecule has 0 heterocycles. The molecule has 0 amide bonds. The molecule has 104 valence electrons. The normalized spacial score (nSPS) is 18.9. The number of carbonyl (C=O) groups is 1. The van der Waals surface area contributed by atoms with Gasteiger partial charge in [0.05, 0.1) is 0 Å². The fraction of sp³-hybridized carbons (Fsp3) is 0.588. The minimum atomic E-state index is -0.309. The van der Waals surface area contributed by atoms with Crippen molar-refractivity contribution in [2.75, 3.05) is 6.54 Å². The van der Waals surface area contributed by atoms with Gasteiger partial charge in [0.25, 0.3) is 0 Å². The van der Waals surface area contributed by atoms with Crippen LogP contribution in [0.1, 0.15) is 60.0 Å². The molecule has 2 heteroatoms. The first-order valence-electron chi connectivity index (χ1n) is 7.41. The van der Waals surface area contributed by atoms with E-state index in [1.807, 2.05) is 19.1 Å². The molecule has 0 spiro atoms. The monoisotopic (exact) mass is 259 g/mol. The van der Waals surface area contributed by atoms with Gasteiger partial charge in [-0.1, -0.05) is 49.4 Å². The van der Waals surface area contributed by atoms with Crippen molar-refractivity contribution in [3.63, 3.8) is 0 Å². The molecule has 0 bridgehead atoms. The number of Topliss-reactive ketones (excluding diaryl/α,β-unsaturated/α-hetero) is 1. The van der Waals surface area contributed by atoms with E-state index in [9.17, 15) is 4.79 Å². The molecule has 0 unspecified atom stereocenters. The molecule has 2 nitrogen and oxygen atoms in total. The second kappa shape index (κ2) is 5.87. The molecular weight excluding hydrogens is 234 g/mol. The smallest absolute Gasteiger partial charge is 0.170 e. The van der Waals surface area contributed by atoms with E-state index in [1.165, 1.54) is 18.4 Å². The van der Waals surface area contributed by atoms with Gasteiger partial charge in [-0.15, -0.1) is 0 Å². The minimum absolute atomic E-state index is 0.273. The van der Waals surface area contributed by atoms with Crippen LogP contribution in [0.3, 0.4) is 0 Å². The lowest BCUT2D eigenvalue weighted by molar-refractivity contribution is 0.0773. The number of nitrogens with two attached hydrogens (primary N) is 1. The molecule has 0 saturated heterocycles. The maximum Gasteiger partial charge on any atom is 0.170 e. The van der Waals surface area contributed by atoms with E-state index in [0.29, 0.717) is 6.54 Å². The van der Waals surface area contributed by atoms with Crippen molar-refractivity contribution in [1.82, 2.24) is 0 Å². The summed E-state index contributed by atoms with van der Waals surface area (Å²) in [6.45, 7) is 4.58. The van der Waals surface area contributed by atoms with Crippen molar-refractivity contribution in [1.29, 1.82) is 0 Å². The van der Waals surface area contributed by atoms with Crippen molar-refractivity contribution < 1.29 is 4.79 Å². The summed E-state index contributed by atoms with van der Waals surface area (Å²) in [6, 6.07) is 6.10. The summed E-state index contributed by atoms with van der Waals surface area (Å²) in [7, 11) is 0. The van der Waals surface area contributed by atoms with Gasteiger partial charge in [-0.3, -0.25) is 4.79 Å². The summed E-state index contributed by atoms with van der Waals surface area (Å²) in [4.78, 5) is 13.0. The highest BCUT2D eigenvalue weighted by Crippen LogP contribution is 2.37. The van der Waals surface area contributed by atoms with Crippen molar-refractivity contribution in [3.05, 3.63) is 34.9 Å². The van der Waals surface area contributed by atoms with Crippen LogP contribution in [-0.2, 0) is 0 Å². The Balaban J connectivity index is 2.34. The molecule has 0 aliphatic heterocycles. The summed E-state index contributed by atoms with van der Waals surface area (Å²) >= 11 is 0. The third-order valence-electron chi connectivity index (χ3n) is 4.56. The van der Waals surface area contributed by atoms with Crippen LogP contribution >= 0.6 is 0 Å². The van der Waals surface area contributed by atoms with Gasteiger partial charge in [0.15, 0.2) is 5.78 Å². The zero-order chi connectivity index (χ0) is 13.9. The maximum atomic E-state index is 13.0. The fourth-order valence-corrected chi connectivity index (χ4v) is 3.28. The molecule has 2 rings (SSSR count). The van der Waals surface area contributed by atoms with E-state index < -0.39 is 0 Å². The van der Waals surface area contributed by atoms with E-state index >= 15 is 0 Å². The quantitative estimate of drug-likeness (QED) is 0.663. The first-order valence-corrected chi connectivity index (χ1v) is 7.41. The van der Waals surface area contributed by atoms with Crippen LogP contribution in [0, 0.1) is 19.3 Å². The lowest BCUT2D eigenvalue weighted by atomic mass is 9.73. The lowest BCUT2D eigenvalue weighted by Crippen LogP contribution is -2.38. The number of ketones is 1. The molecular formula is C17H25NO. The SMILES string of the molecule is Cc1ccc(C(=O)C2(CN)CCCCCC2)c(C)c1. The van der Waals surface area contributed by atoms with Crippen LogP contribution in [0.4, 0.5) is 0 Å². The highest BCUT2D eigenvalue weighted by Gasteiger charge is 2.38. The maximum absolute atomic E-state index is 13.0. The first kappa shape index (κ1) is 14.3. The highest BCUT2D eigenvalue weighted by molar-refractivity contribution is 6.02. The molecule has 0 atom stereocenters. The Morgan fingerprint density at radius 3 is 2.32 bits per heavy atom. The summed E-state index contributed by atoms with van der Waals surface area (Å²) in [5, 5.41) is 0. The topological polar surface area (TPSA) is 43.1 Å². The van der Waals surface area contributed by atoms with Crippen LogP contribution in [-0.4, -0.2) is 12.3 Å². The summed E-state index contributed by atoms with van der Waals surface area (Å²) in [5.74, 6) is 0.273. The Hall–Kier alpha value is -1.15. The summed E-state index contributed by atoms with van der Waals surface area (Å²) < 4.78 is 0. The number of hydrogen-bond donors (Lipinski definition) is 1. The highest BCUT2D eigenvalue weighted by atomic mass is 16.1. The van der Waals surface area contributed by atoms with Crippen LogP contribution in [0.25, 0.3) is 0 Å². The zero-order valence-corrected chi connectivity index (χ0v) is 12.2. The molecule has 1 aromatic carbocycles. The Labute approximate surface area is 116 Å². The Morgan fingerprint density at radius 1 is 1.16 bits per heavy atom. The largest absolute Gasteiger partial charge is 0.329 e. The standard InChI is InChI=1S/C17H25NO/c1-13-7-8-15(14(2)11-13)16(19)17(12-18)9-5-3-4-6-10-17/h7-8,11H,3-6,9-10,12,18H2,1-2H3. The molecule has 1 aliphatic carbocycles. The predicted molar refractivity (Wildman–Crippen MR) is 79.4 cm³/mol. The number of hydrogen-bond acceptors (Lipinski definition) is 2. The van der Waals surface area contributed by atoms with Gasteiger partial charge in [-0.05, 0) is 32.3 Å². The molecule has 1 aliphatic rings. The van der Waals surface area contributed by atoms with Crippen molar-refractivity contribution in [2.45, 2.75) is 52.4 Å². The number of aryl methyl sites for hydroxylation is 2. The molecule has 2 N–H and O–H groups in total. The Kier molecular flexibility index (Phi) is 4.41. The van der Waals surface area contributed by atoms with Gasteiger partial charge in [-0.25, -0.2) is 0 Å². The number of benzene rings is 1. The molecule has 1 aromatic rings. The molecule has 1 saturated carbocycles. The second-order valence-corrected chi connectivity index (χ2v) is 6.05.